The lowest BCUT2D eigenvalue weighted by Gasteiger charge is -2.36. The Kier molecular flexibility index (Phi) is 11.0. The number of aromatic nitrogens is 1. The summed E-state index contributed by atoms with van der Waals surface area (Å²) in [6.07, 6.45) is 0.338. The van der Waals surface area contributed by atoms with Crippen LogP contribution in [0, 0.1) is 0 Å². The van der Waals surface area contributed by atoms with Crippen LogP contribution < -0.4 is 5.32 Å². The number of carbonyl (C=O) groups excluding carboxylic acids is 1. The molecule has 3 atom stereocenters. The smallest absolute Gasteiger partial charge is 0.303 e. The van der Waals surface area contributed by atoms with E-state index in [9.17, 15) is 14.7 Å². The number of aliphatic hydroxyl groups is 1. The third-order valence-corrected chi connectivity index (χ3v) is 10.4. The second-order valence-corrected chi connectivity index (χ2v) is 13.7. The fourth-order valence-corrected chi connectivity index (χ4v) is 7.67. The van der Waals surface area contributed by atoms with Crippen molar-refractivity contribution in [2.45, 2.75) is 61.7 Å². The molecule has 4 aromatic carbocycles. The summed E-state index contributed by atoms with van der Waals surface area (Å²) in [5.41, 5.74) is 6.78. The van der Waals surface area contributed by atoms with Gasteiger partial charge in [0.15, 0.2) is 10.6 Å². The molecule has 1 fully saturated rings. The quantitative estimate of drug-likeness (QED) is 0.110. The SMILES string of the molecule is O=C(O)CCCC(=O)NCc1ccccc1-c1ccc([C@H]2O[C@@H](CSc3nc4ccccc4s3)C[C@@H](c3ccc(CO)cc3)O2)cc1. The Morgan fingerprint density at radius 1 is 0.894 bits per heavy atom. The highest BCUT2D eigenvalue weighted by Gasteiger charge is 2.32. The summed E-state index contributed by atoms with van der Waals surface area (Å²) in [4.78, 5) is 27.8. The molecule has 0 radical (unpaired) electrons. The van der Waals surface area contributed by atoms with Crippen LogP contribution in [0.1, 0.15) is 60.3 Å². The minimum absolute atomic E-state index is 0.00634. The van der Waals surface area contributed by atoms with Gasteiger partial charge in [-0.3, -0.25) is 9.59 Å². The molecule has 0 saturated carbocycles. The first kappa shape index (κ1) is 32.9. The van der Waals surface area contributed by atoms with Crippen molar-refractivity contribution in [2.75, 3.05) is 5.75 Å². The van der Waals surface area contributed by atoms with Crippen LogP contribution in [0.5, 0.6) is 0 Å². The summed E-state index contributed by atoms with van der Waals surface area (Å²) in [5.74, 6) is -0.334. The van der Waals surface area contributed by atoms with Gasteiger partial charge >= 0.3 is 5.97 Å². The number of carboxylic acid groups (broad SMARTS) is 1. The van der Waals surface area contributed by atoms with Crippen LogP contribution in [0.25, 0.3) is 21.3 Å². The average molecular weight is 669 g/mol. The number of aliphatic hydroxyl groups excluding tert-OH is 1. The predicted octanol–water partition coefficient (Wildman–Crippen LogP) is 7.66. The molecular formula is C37H36N2O6S2. The Balaban J connectivity index is 1.16. The number of nitrogens with one attached hydrogen (secondary N) is 1. The van der Waals surface area contributed by atoms with E-state index >= 15 is 0 Å². The number of hydrogen-bond acceptors (Lipinski definition) is 8. The van der Waals surface area contributed by atoms with E-state index in [-0.39, 0.29) is 37.6 Å². The van der Waals surface area contributed by atoms with Crippen molar-refractivity contribution in [1.29, 1.82) is 0 Å². The molecule has 1 aromatic heterocycles. The zero-order valence-corrected chi connectivity index (χ0v) is 27.3. The van der Waals surface area contributed by atoms with Crippen molar-refractivity contribution < 1.29 is 29.3 Å². The molecule has 5 aromatic rings. The number of amides is 1. The Labute approximate surface area is 281 Å². The fraction of sp³-hybridized carbons (Fsp3) is 0.270. The topological polar surface area (TPSA) is 118 Å². The van der Waals surface area contributed by atoms with Crippen molar-refractivity contribution in [3.05, 3.63) is 119 Å². The van der Waals surface area contributed by atoms with Gasteiger partial charge in [-0.15, -0.1) is 11.3 Å². The van der Waals surface area contributed by atoms with Crippen molar-refractivity contribution in [1.82, 2.24) is 10.3 Å². The van der Waals surface area contributed by atoms with Crippen molar-refractivity contribution in [2.24, 2.45) is 0 Å². The van der Waals surface area contributed by atoms with Crippen LogP contribution in [0.4, 0.5) is 0 Å². The summed E-state index contributed by atoms with van der Waals surface area (Å²) >= 11 is 3.40. The van der Waals surface area contributed by atoms with Crippen LogP contribution in [-0.2, 0) is 32.2 Å². The lowest BCUT2D eigenvalue weighted by molar-refractivity contribution is -0.245. The maximum atomic E-state index is 12.3. The number of para-hydroxylation sites is 1. The number of thioether (sulfide) groups is 1. The predicted molar refractivity (Wildman–Crippen MR) is 184 cm³/mol. The molecule has 47 heavy (non-hydrogen) atoms. The molecule has 0 aliphatic carbocycles. The van der Waals surface area contributed by atoms with E-state index in [0.717, 1.165) is 49.0 Å². The van der Waals surface area contributed by atoms with E-state index in [0.29, 0.717) is 19.4 Å². The van der Waals surface area contributed by atoms with Crippen LogP contribution >= 0.6 is 23.1 Å². The lowest BCUT2D eigenvalue weighted by Crippen LogP contribution is -2.31. The molecule has 1 saturated heterocycles. The minimum Gasteiger partial charge on any atom is -0.481 e. The van der Waals surface area contributed by atoms with Gasteiger partial charge in [0.25, 0.3) is 0 Å². The second kappa shape index (κ2) is 15.7. The van der Waals surface area contributed by atoms with E-state index in [1.54, 1.807) is 23.1 Å². The van der Waals surface area contributed by atoms with Gasteiger partial charge in [-0.1, -0.05) is 96.7 Å². The monoisotopic (exact) mass is 668 g/mol. The van der Waals surface area contributed by atoms with Crippen LogP contribution in [-0.4, -0.2) is 38.9 Å². The highest BCUT2D eigenvalue weighted by Crippen LogP contribution is 2.40. The van der Waals surface area contributed by atoms with Crippen molar-refractivity contribution in [3.63, 3.8) is 0 Å². The number of nitrogens with zero attached hydrogens (tertiary/aromatic N) is 1. The summed E-state index contributed by atoms with van der Waals surface area (Å²) in [6, 6.07) is 32.1. The third kappa shape index (κ3) is 8.65. The molecule has 1 amide bonds. The second-order valence-electron chi connectivity index (χ2n) is 11.4. The number of aliphatic carboxylic acids is 1. The standard InChI is InChI=1S/C37H36N2O6S2/c40-22-24-12-14-26(15-13-24)32-20-29(23-46-37-39-31-8-3-4-9-33(31)47-37)44-36(45-32)27-18-16-25(17-19-27)30-7-2-1-6-28(30)21-38-34(41)10-5-11-35(42)43/h1-4,6-9,12-19,29,32,36,40H,5,10-11,20-23H2,(H,38,41)(H,42,43)/t29-,32+,36+/m1/s1. The number of fused-ring (bicyclic) bond motifs is 1. The molecule has 10 heteroatoms. The zero-order valence-electron chi connectivity index (χ0n) is 25.7. The Morgan fingerprint density at radius 3 is 2.40 bits per heavy atom. The van der Waals surface area contributed by atoms with Gasteiger partial charge in [0.05, 0.1) is 29.0 Å². The fourth-order valence-electron chi connectivity index (χ4n) is 5.56. The minimum atomic E-state index is -0.901. The first-order chi connectivity index (χ1) is 22.9. The average Bonchev–Trinajstić information content (AvgIpc) is 3.53. The van der Waals surface area contributed by atoms with Gasteiger partial charge in [0.2, 0.25) is 5.91 Å². The Morgan fingerprint density at radius 2 is 1.64 bits per heavy atom. The molecule has 8 nitrogen and oxygen atoms in total. The van der Waals surface area contributed by atoms with E-state index in [4.69, 9.17) is 19.6 Å². The molecule has 1 aliphatic rings. The molecule has 0 unspecified atom stereocenters. The number of carbonyl (C=O) groups is 2. The number of ether oxygens (including phenoxy) is 2. The number of carboxylic acids is 1. The summed E-state index contributed by atoms with van der Waals surface area (Å²) in [5, 5.41) is 21.3. The first-order valence-corrected chi connectivity index (χ1v) is 17.4. The lowest BCUT2D eigenvalue weighted by atomic mass is 9.97. The zero-order chi connectivity index (χ0) is 32.6. The van der Waals surface area contributed by atoms with Gasteiger partial charge in [0.1, 0.15) is 0 Å². The summed E-state index contributed by atoms with van der Waals surface area (Å²) in [6.45, 7) is 0.344. The molecule has 3 N–H and O–H groups in total. The molecule has 1 aliphatic heterocycles. The molecule has 6 rings (SSSR count). The van der Waals surface area contributed by atoms with Crippen LogP contribution in [0.15, 0.2) is 101 Å². The number of thiazole rings is 1. The Bertz CT molecular complexity index is 1780. The van der Waals surface area contributed by atoms with Crippen molar-refractivity contribution in [3.8, 4) is 11.1 Å². The number of hydrogen-bond donors (Lipinski definition) is 3. The maximum Gasteiger partial charge on any atom is 0.303 e. The highest BCUT2D eigenvalue weighted by atomic mass is 32.2. The van der Waals surface area contributed by atoms with Gasteiger partial charge < -0.3 is 25.0 Å². The normalized spacial score (nSPS) is 17.9. The van der Waals surface area contributed by atoms with Gasteiger partial charge in [-0.25, -0.2) is 4.98 Å². The van der Waals surface area contributed by atoms with Crippen LogP contribution in [0.2, 0.25) is 0 Å². The Hall–Kier alpha value is -4.06. The first-order valence-electron chi connectivity index (χ1n) is 15.6. The maximum absolute atomic E-state index is 12.3. The van der Waals surface area contributed by atoms with Gasteiger partial charge in [-0.05, 0) is 46.4 Å². The summed E-state index contributed by atoms with van der Waals surface area (Å²) < 4.78 is 15.3. The number of benzene rings is 4. The molecule has 0 spiro atoms. The molecular weight excluding hydrogens is 633 g/mol. The highest BCUT2D eigenvalue weighted by molar-refractivity contribution is 8.01. The van der Waals surface area contributed by atoms with Gasteiger partial charge in [0, 0.05) is 37.1 Å². The van der Waals surface area contributed by atoms with E-state index in [1.165, 1.54) is 4.70 Å². The molecule has 2 heterocycles. The summed E-state index contributed by atoms with van der Waals surface area (Å²) in [7, 11) is 0. The molecule has 0 bridgehead atoms. The van der Waals surface area contributed by atoms with Crippen LogP contribution in [0.3, 0.4) is 0 Å². The van der Waals surface area contributed by atoms with E-state index in [1.807, 2.05) is 91.0 Å². The number of rotatable bonds is 13. The van der Waals surface area contributed by atoms with E-state index in [2.05, 4.69) is 11.4 Å². The van der Waals surface area contributed by atoms with E-state index < -0.39 is 12.3 Å². The van der Waals surface area contributed by atoms with Gasteiger partial charge in [-0.2, -0.15) is 0 Å². The third-order valence-electron chi connectivity index (χ3n) is 8.06. The molecule has 242 valence electrons. The largest absolute Gasteiger partial charge is 0.481 e. The van der Waals surface area contributed by atoms with Crippen molar-refractivity contribution >= 4 is 45.2 Å².